The Balaban J connectivity index is 0.000000330. The summed E-state index contributed by atoms with van der Waals surface area (Å²) in [5.74, 6) is -0.119. The molecule has 0 saturated carbocycles. The lowest BCUT2D eigenvalue weighted by Crippen LogP contribution is -2.25. The maximum Gasteiger partial charge on any atom is 0.308 e. The van der Waals surface area contributed by atoms with E-state index in [0.29, 0.717) is 18.2 Å². The first-order valence-corrected chi connectivity index (χ1v) is 10.1. The zero-order valence-electron chi connectivity index (χ0n) is 17.9. The molecular weight excluding hydrogens is 463 g/mol. The van der Waals surface area contributed by atoms with E-state index in [0.717, 1.165) is 0 Å². The van der Waals surface area contributed by atoms with Gasteiger partial charge in [-0.1, -0.05) is 23.2 Å². The smallest absolute Gasteiger partial charge is 0.308 e. The second-order valence-corrected chi connectivity index (χ2v) is 7.98. The summed E-state index contributed by atoms with van der Waals surface area (Å²) >= 11 is 11.3. The van der Waals surface area contributed by atoms with E-state index in [9.17, 15) is 9.59 Å². The molecule has 0 bridgehead atoms. The number of carbonyl (C=O) groups is 2. The van der Waals surface area contributed by atoms with Gasteiger partial charge in [-0.05, 0) is 20.8 Å². The summed E-state index contributed by atoms with van der Waals surface area (Å²) in [4.78, 5) is 36.8. The van der Waals surface area contributed by atoms with Crippen molar-refractivity contribution in [3.8, 4) is 0 Å². The fourth-order valence-electron chi connectivity index (χ4n) is 2.03. The van der Waals surface area contributed by atoms with Gasteiger partial charge in [-0.15, -0.1) is 0 Å². The Morgan fingerprint density at radius 3 is 1.75 bits per heavy atom. The van der Waals surface area contributed by atoms with Gasteiger partial charge in [0, 0.05) is 25.2 Å². The number of rotatable bonds is 8. The number of carboxylic acids is 1. The number of nitrogen functional groups attached to an aromatic ring is 2. The Morgan fingerprint density at radius 2 is 1.38 bits per heavy atom. The number of hydrogen-bond acceptors (Lipinski definition) is 11. The molecule has 2 aromatic rings. The highest BCUT2D eigenvalue weighted by Crippen LogP contribution is 2.13. The average Bonchev–Trinajstić information content (AvgIpc) is 2.58. The molecule has 32 heavy (non-hydrogen) atoms. The number of carbonyl (C=O) groups excluding carboxylic acids is 1. The zero-order valence-corrected chi connectivity index (χ0v) is 19.4. The number of anilines is 4. The van der Waals surface area contributed by atoms with Crippen molar-refractivity contribution >= 4 is 58.7 Å². The van der Waals surface area contributed by atoms with Gasteiger partial charge >= 0.3 is 11.9 Å². The van der Waals surface area contributed by atoms with Crippen molar-refractivity contribution in [1.82, 2.24) is 19.9 Å². The van der Waals surface area contributed by atoms with E-state index in [1.165, 1.54) is 12.1 Å². The van der Waals surface area contributed by atoms with Crippen LogP contribution in [0.15, 0.2) is 12.1 Å². The highest BCUT2D eigenvalue weighted by atomic mass is 35.5. The topological polar surface area (TPSA) is 191 Å². The minimum Gasteiger partial charge on any atom is -0.481 e. The molecule has 0 radical (unpaired) electrons. The van der Waals surface area contributed by atoms with Crippen LogP contribution in [-0.2, 0) is 14.3 Å². The summed E-state index contributed by atoms with van der Waals surface area (Å²) in [6, 6.07) is 3.01. The van der Waals surface area contributed by atoms with E-state index in [2.05, 4.69) is 30.6 Å². The summed E-state index contributed by atoms with van der Waals surface area (Å²) < 4.78 is 5.16. The van der Waals surface area contributed by atoms with E-state index >= 15 is 0 Å². The molecule has 0 aliphatic rings. The monoisotopic (exact) mass is 488 g/mol. The minimum absolute atomic E-state index is 0.00151. The molecule has 7 N–H and O–H groups in total. The predicted molar refractivity (Wildman–Crippen MR) is 123 cm³/mol. The van der Waals surface area contributed by atoms with Gasteiger partial charge in [-0.2, -0.15) is 9.97 Å². The highest BCUT2D eigenvalue weighted by molar-refractivity contribution is 6.30. The average molecular weight is 489 g/mol. The molecule has 0 spiro atoms. The lowest BCUT2D eigenvalue weighted by molar-refractivity contribution is -0.154. The largest absolute Gasteiger partial charge is 0.481 e. The fraction of sp³-hybridized carbons (Fsp3) is 0.444. The maximum atomic E-state index is 11.4. The molecule has 0 atom stereocenters. The van der Waals surface area contributed by atoms with Crippen molar-refractivity contribution in [2.75, 3.05) is 35.2 Å². The molecule has 0 aliphatic carbocycles. The van der Waals surface area contributed by atoms with Crippen molar-refractivity contribution in [1.29, 1.82) is 0 Å². The van der Waals surface area contributed by atoms with Crippen molar-refractivity contribution in [2.45, 2.75) is 39.2 Å². The molecule has 0 saturated heterocycles. The van der Waals surface area contributed by atoms with Crippen LogP contribution < -0.4 is 22.1 Å². The summed E-state index contributed by atoms with van der Waals surface area (Å²) in [7, 11) is 0. The molecule has 2 heterocycles. The third-order valence-corrected chi connectivity index (χ3v) is 3.51. The summed E-state index contributed by atoms with van der Waals surface area (Å²) in [6.07, 6.45) is 0.236. The van der Waals surface area contributed by atoms with Gasteiger partial charge in [0.15, 0.2) is 0 Å². The Morgan fingerprint density at radius 1 is 0.938 bits per heavy atom. The third kappa shape index (κ3) is 12.5. The number of hydrogen-bond donors (Lipinski definition) is 5. The molecule has 2 aromatic heterocycles. The summed E-state index contributed by atoms with van der Waals surface area (Å²) in [5.41, 5.74) is 10.3. The van der Waals surface area contributed by atoms with Gasteiger partial charge in [0.25, 0.3) is 0 Å². The van der Waals surface area contributed by atoms with E-state index in [1.807, 2.05) is 20.8 Å². The predicted octanol–water partition coefficient (Wildman–Crippen LogP) is 2.45. The zero-order chi connectivity index (χ0) is 24.3. The SMILES string of the molecule is CC(C)(C)OC(=O)CCNc1cc(Cl)nc(N)n1.Nc1nc(Cl)cc(NCCC(=O)O)n1. The number of aliphatic carboxylic acids is 1. The highest BCUT2D eigenvalue weighted by Gasteiger charge is 2.15. The summed E-state index contributed by atoms with van der Waals surface area (Å²) in [5, 5.41) is 14.5. The van der Waals surface area contributed by atoms with Crippen LogP contribution in [-0.4, -0.2) is 55.7 Å². The Hall–Kier alpha value is -3.12. The molecule has 0 aromatic carbocycles. The first kappa shape index (κ1) is 26.9. The van der Waals surface area contributed by atoms with Crippen LogP contribution in [0, 0.1) is 0 Å². The number of halogens is 2. The number of esters is 1. The summed E-state index contributed by atoms with van der Waals surface area (Å²) in [6.45, 7) is 6.12. The van der Waals surface area contributed by atoms with Gasteiger partial charge in [-0.25, -0.2) is 9.97 Å². The van der Waals surface area contributed by atoms with Crippen molar-refractivity contribution < 1.29 is 19.4 Å². The van der Waals surface area contributed by atoms with Gasteiger partial charge in [0.05, 0.1) is 12.8 Å². The fourth-order valence-corrected chi connectivity index (χ4v) is 2.41. The van der Waals surface area contributed by atoms with E-state index < -0.39 is 11.6 Å². The molecule has 14 heteroatoms. The molecule has 2 rings (SSSR count). The van der Waals surface area contributed by atoms with Gasteiger partial charge in [-0.3, -0.25) is 9.59 Å². The molecule has 0 amide bonds. The van der Waals surface area contributed by atoms with E-state index in [4.69, 9.17) is 44.5 Å². The van der Waals surface area contributed by atoms with Crippen LogP contribution in [0.2, 0.25) is 10.3 Å². The molecule has 0 unspecified atom stereocenters. The first-order valence-electron chi connectivity index (χ1n) is 9.35. The van der Waals surface area contributed by atoms with Gasteiger partial charge in [0.1, 0.15) is 27.5 Å². The van der Waals surface area contributed by atoms with Crippen molar-refractivity contribution in [2.24, 2.45) is 0 Å². The van der Waals surface area contributed by atoms with Gasteiger partial charge < -0.3 is 31.9 Å². The maximum absolute atomic E-state index is 11.4. The minimum atomic E-state index is -0.884. The van der Waals surface area contributed by atoms with Crippen LogP contribution in [0.5, 0.6) is 0 Å². The molecule has 176 valence electrons. The molecule has 12 nitrogen and oxygen atoms in total. The second-order valence-electron chi connectivity index (χ2n) is 7.20. The molecular formula is C18H26Cl2N8O4. The van der Waals surface area contributed by atoms with Crippen LogP contribution in [0.1, 0.15) is 33.6 Å². The number of ether oxygens (including phenoxy) is 1. The van der Waals surface area contributed by atoms with Crippen LogP contribution >= 0.6 is 23.2 Å². The van der Waals surface area contributed by atoms with Crippen molar-refractivity contribution in [3.05, 3.63) is 22.4 Å². The quantitative estimate of drug-likeness (QED) is 0.269. The number of nitrogens with zero attached hydrogens (tertiary/aromatic N) is 4. The first-order chi connectivity index (χ1) is 14.8. The van der Waals surface area contributed by atoms with Crippen LogP contribution in [0.4, 0.5) is 23.5 Å². The van der Waals surface area contributed by atoms with Crippen LogP contribution in [0.25, 0.3) is 0 Å². The number of nitrogens with two attached hydrogens (primary N) is 2. The Labute approximate surface area is 195 Å². The number of nitrogens with one attached hydrogen (secondary N) is 2. The molecule has 0 fully saturated rings. The normalized spacial score (nSPS) is 10.5. The second kappa shape index (κ2) is 12.7. The van der Waals surface area contributed by atoms with Crippen LogP contribution in [0.3, 0.4) is 0 Å². The van der Waals surface area contributed by atoms with Gasteiger partial charge in [0.2, 0.25) is 11.9 Å². The Kier molecular flexibility index (Phi) is 10.7. The third-order valence-electron chi connectivity index (χ3n) is 3.12. The lowest BCUT2D eigenvalue weighted by Gasteiger charge is -2.19. The van der Waals surface area contributed by atoms with Crippen molar-refractivity contribution in [3.63, 3.8) is 0 Å². The Bertz CT molecular complexity index is 884. The lowest BCUT2D eigenvalue weighted by atomic mass is 10.2. The number of carboxylic acid groups (broad SMARTS) is 1. The van der Waals surface area contributed by atoms with E-state index in [-0.39, 0.29) is 47.6 Å². The van der Waals surface area contributed by atoms with E-state index in [1.54, 1.807) is 0 Å². The molecule has 0 aliphatic heterocycles. The number of aromatic nitrogens is 4. The standard InChI is InChI=1S/C11H17ClN4O2.C7H9ClN4O2/c1-11(2,3)18-9(17)4-5-14-8-6-7(12)15-10(13)16-8;8-4-3-5(12-7(9)11-4)10-2-1-6(13)14/h6H,4-5H2,1-3H3,(H3,13,14,15,16);3H,1-2H2,(H,13,14)(H3,9,10,11,12).